The van der Waals surface area contributed by atoms with Gasteiger partial charge in [0, 0.05) is 11.4 Å². The van der Waals surface area contributed by atoms with Gasteiger partial charge in [0.15, 0.2) is 0 Å². The molecule has 1 aliphatic rings. The van der Waals surface area contributed by atoms with Crippen LogP contribution in [0.3, 0.4) is 0 Å². The van der Waals surface area contributed by atoms with Crippen molar-refractivity contribution < 1.29 is 0 Å². The predicted octanol–water partition coefficient (Wildman–Crippen LogP) is 9.97. The van der Waals surface area contributed by atoms with Gasteiger partial charge in [-0.2, -0.15) is 0 Å². The van der Waals surface area contributed by atoms with Crippen LogP contribution >= 0.6 is 34.4 Å². The average Bonchev–Trinajstić information content (AvgIpc) is 2.97. The summed E-state index contributed by atoms with van der Waals surface area (Å²) in [6.07, 6.45) is 23.0. The standard InChI is InChI=1S/C26H44INS/c1-3-4-5-6-7-8-9-10-11-12-13-14-15-16-17-20-23-28-24-21-18-19-22-25(24)29-26(28,2)27/h18-19,21-22H,3-17,20,23H2,1-2H3. The number of para-hydroxylation sites is 1. The van der Waals surface area contributed by atoms with Crippen LogP contribution in [0.1, 0.15) is 117 Å². The van der Waals surface area contributed by atoms with Crippen LogP contribution in [-0.4, -0.2) is 9.42 Å². The first-order valence-corrected chi connectivity index (χ1v) is 14.3. The Morgan fingerprint density at radius 3 is 1.69 bits per heavy atom. The summed E-state index contributed by atoms with van der Waals surface area (Å²) >= 11 is 4.62. The summed E-state index contributed by atoms with van der Waals surface area (Å²) in [4.78, 5) is 4.05. The zero-order chi connectivity index (χ0) is 20.8. The summed E-state index contributed by atoms with van der Waals surface area (Å²) in [6, 6.07) is 8.90. The summed E-state index contributed by atoms with van der Waals surface area (Å²) in [5.74, 6) is 0. The second-order valence-electron chi connectivity index (χ2n) is 8.89. The molecule has 0 N–H and O–H groups in total. The molecular weight excluding hydrogens is 485 g/mol. The predicted molar refractivity (Wildman–Crippen MR) is 142 cm³/mol. The van der Waals surface area contributed by atoms with Gasteiger partial charge in [-0.15, -0.1) is 0 Å². The Hall–Kier alpha value is 0.1000. The van der Waals surface area contributed by atoms with Gasteiger partial charge in [0.2, 0.25) is 0 Å². The Kier molecular flexibility index (Phi) is 13.1. The zero-order valence-electron chi connectivity index (χ0n) is 19.1. The molecule has 1 heterocycles. The fourth-order valence-corrected chi connectivity index (χ4v) is 6.72. The van der Waals surface area contributed by atoms with Crippen LogP contribution in [0.15, 0.2) is 29.2 Å². The van der Waals surface area contributed by atoms with E-state index in [9.17, 15) is 0 Å². The molecule has 0 amide bonds. The van der Waals surface area contributed by atoms with Crippen molar-refractivity contribution in [1.29, 1.82) is 0 Å². The van der Waals surface area contributed by atoms with E-state index in [1.807, 2.05) is 11.8 Å². The minimum absolute atomic E-state index is 0.178. The molecule has 1 nitrogen and oxygen atoms in total. The van der Waals surface area contributed by atoms with Gasteiger partial charge >= 0.3 is 0 Å². The number of thioether (sulfide) groups is 1. The van der Waals surface area contributed by atoms with Gasteiger partial charge in [0.05, 0.1) is 5.69 Å². The van der Waals surface area contributed by atoms with Gasteiger partial charge in [-0.05, 0) is 48.1 Å². The van der Waals surface area contributed by atoms with Gasteiger partial charge in [-0.25, -0.2) is 0 Å². The maximum Gasteiger partial charge on any atom is 0.140 e. The highest BCUT2D eigenvalue weighted by Crippen LogP contribution is 2.53. The molecule has 1 aromatic carbocycles. The van der Waals surface area contributed by atoms with Gasteiger partial charge in [0.25, 0.3) is 0 Å². The number of nitrogens with zero attached hydrogens (tertiary/aromatic N) is 1. The Morgan fingerprint density at radius 2 is 1.17 bits per heavy atom. The molecule has 0 radical (unpaired) electrons. The molecule has 1 atom stereocenters. The third-order valence-corrected chi connectivity index (χ3v) is 8.57. The lowest BCUT2D eigenvalue weighted by molar-refractivity contribution is 0.528. The van der Waals surface area contributed by atoms with E-state index in [1.165, 1.54) is 120 Å². The van der Waals surface area contributed by atoms with Crippen LogP contribution in [0.2, 0.25) is 0 Å². The lowest BCUT2D eigenvalue weighted by atomic mass is 10.0. The number of alkyl halides is 1. The molecule has 2 rings (SSSR count). The van der Waals surface area contributed by atoms with E-state index < -0.39 is 0 Å². The number of hydrogen-bond donors (Lipinski definition) is 0. The van der Waals surface area contributed by atoms with Crippen LogP contribution in [0.25, 0.3) is 0 Å². The number of rotatable bonds is 17. The summed E-state index contributed by atoms with van der Waals surface area (Å²) in [5.41, 5.74) is 1.44. The molecule has 0 aromatic heterocycles. The van der Waals surface area contributed by atoms with Gasteiger partial charge in [-0.1, -0.05) is 127 Å². The van der Waals surface area contributed by atoms with Crippen molar-refractivity contribution in [1.82, 2.24) is 0 Å². The topological polar surface area (TPSA) is 3.24 Å². The summed E-state index contributed by atoms with van der Waals surface area (Å²) < 4.78 is 0.178. The number of halogens is 1. The third-order valence-electron chi connectivity index (χ3n) is 6.17. The van der Waals surface area contributed by atoms with E-state index in [1.54, 1.807) is 0 Å². The van der Waals surface area contributed by atoms with Crippen molar-refractivity contribution in [2.75, 3.05) is 11.4 Å². The first kappa shape index (κ1) is 25.4. The van der Waals surface area contributed by atoms with E-state index in [0.717, 1.165) is 0 Å². The van der Waals surface area contributed by atoms with Crippen molar-refractivity contribution in [3.8, 4) is 0 Å². The lowest BCUT2D eigenvalue weighted by Gasteiger charge is -2.31. The van der Waals surface area contributed by atoms with E-state index in [4.69, 9.17) is 0 Å². The molecule has 1 aromatic rings. The van der Waals surface area contributed by atoms with Crippen molar-refractivity contribution >= 4 is 40.0 Å². The highest BCUT2D eigenvalue weighted by atomic mass is 127. The first-order valence-electron chi connectivity index (χ1n) is 12.4. The van der Waals surface area contributed by atoms with Gasteiger partial charge in [-0.3, -0.25) is 0 Å². The van der Waals surface area contributed by atoms with Gasteiger partial charge < -0.3 is 4.90 Å². The monoisotopic (exact) mass is 529 g/mol. The highest BCUT2D eigenvalue weighted by molar-refractivity contribution is 14.1. The molecule has 0 aliphatic carbocycles. The zero-order valence-corrected chi connectivity index (χ0v) is 22.0. The molecule has 0 bridgehead atoms. The van der Waals surface area contributed by atoms with E-state index in [2.05, 4.69) is 65.6 Å². The summed E-state index contributed by atoms with van der Waals surface area (Å²) in [7, 11) is 0. The number of hydrogen-bond acceptors (Lipinski definition) is 2. The largest absolute Gasteiger partial charge is 0.348 e. The molecular formula is C26H44INS. The van der Waals surface area contributed by atoms with Crippen LogP contribution < -0.4 is 4.90 Å². The molecule has 1 unspecified atom stereocenters. The van der Waals surface area contributed by atoms with E-state index >= 15 is 0 Å². The van der Waals surface area contributed by atoms with Crippen LogP contribution in [0.4, 0.5) is 5.69 Å². The molecule has 0 saturated heterocycles. The number of unbranched alkanes of at least 4 members (excludes halogenated alkanes) is 15. The quantitative estimate of drug-likeness (QED) is 0.0855. The summed E-state index contributed by atoms with van der Waals surface area (Å²) in [5, 5.41) is 0. The number of anilines is 1. The molecule has 0 saturated carbocycles. The normalized spacial score (nSPS) is 18.4. The second kappa shape index (κ2) is 15.0. The third kappa shape index (κ3) is 9.84. The fourth-order valence-electron chi connectivity index (χ4n) is 4.38. The van der Waals surface area contributed by atoms with E-state index in [-0.39, 0.29) is 2.88 Å². The Bertz CT molecular complexity index is 545. The first-order chi connectivity index (χ1) is 14.1. The fraction of sp³-hybridized carbons (Fsp3) is 0.769. The molecule has 0 fully saturated rings. The minimum Gasteiger partial charge on any atom is -0.348 e. The maximum absolute atomic E-state index is 2.61. The Balaban J connectivity index is 1.39. The van der Waals surface area contributed by atoms with Crippen molar-refractivity contribution in [2.45, 2.75) is 124 Å². The molecule has 3 heteroatoms. The SMILES string of the molecule is CCCCCCCCCCCCCCCCCCN1c2ccccc2SC1(C)I. The Morgan fingerprint density at radius 1 is 0.724 bits per heavy atom. The summed E-state index contributed by atoms with van der Waals surface area (Å²) in [6.45, 7) is 5.85. The molecule has 166 valence electrons. The van der Waals surface area contributed by atoms with Crippen molar-refractivity contribution in [3.63, 3.8) is 0 Å². The molecule has 1 aliphatic heterocycles. The minimum atomic E-state index is 0.178. The van der Waals surface area contributed by atoms with Crippen molar-refractivity contribution in [2.24, 2.45) is 0 Å². The average molecular weight is 530 g/mol. The van der Waals surface area contributed by atoms with E-state index in [0.29, 0.717) is 0 Å². The Labute approximate surface area is 199 Å². The van der Waals surface area contributed by atoms with Crippen LogP contribution in [-0.2, 0) is 0 Å². The molecule has 0 spiro atoms. The van der Waals surface area contributed by atoms with Crippen LogP contribution in [0.5, 0.6) is 0 Å². The molecule has 29 heavy (non-hydrogen) atoms. The van der Waals surface area contributed by atoms with Crippen molar-refractivity contribution in [3.05, 3.63) is 24.3 Å². The lowest BCUT2D eigenvalue weighted by Crippen LogP contribution is -2.35. The second-order valence-corrected chi connectivity index (χ2v) is 13.2. The smallest absolute Gasteiger partial charge is 0.140 e. The highest BCUT2D eigenvalue weighted by Gasteiger charge is 2.37. The van der Waals surface area contributed by atoms with Crippen LogP contribution in [0, 0.1) is 0 Å². The maximum atomic E-state index is 2.61. The number of benzene rings is 1. The van der Waals surface area contributed by atoms with Gasteiger partial charge in [0.1, 0.15) is 2.88 Å². The number of fused-ring (bicyclic) bond motifs is 1.